The van der Waals surface area contributed by atoms with E-state index in [1.54, 1.807) is 12.1 Å². The maximum absolute atomic E-state index is 11.1. The number of benzene rings is 1. The number of nitrogens with two attached hydrogens (primary N) is 1. The molecule has 0 saturated carbocycles. The smallest absolute Gasteiger partial charge is 0.222 e. The monoisotopic (exact) mass is 254 g/mol. The Balaban J connectivity index is 2.23. The molecule has 1 saturated heterocycles. The molecule has 17 heavy (non-hydrogen) atoms. The van der Waals surface area contributed by atoms with E-state index in [0.29, 0.717) is 11.6 Å². The third kappa shape index (κ3) is 2.53. The quantitative estimate of drug-likeness (QED) is 0.850. The first-order valence-electron chi connectivity index (χ1n) is 5.55. The van der Waals surface area contributed by atoms with Gasteiger partial charge in [0.05, 0.1) is 12.5 Å². The van der Waals surface area contributed by atoms with Crippen LogP contribution in [0.25, 0.3) is 0 Å². The molecule has 2 rings (SSSR count). The Labute approximate surface area is 105 Å². The van der Waals surface area contributed by atoms with Crippen LogP contribution in [0.15, 0.2) is 18.2 Å². The lowest BCUT2D eigenvalue weighted by atomic mass is 10.1. The van der Waals surface area contributed by atoms with E-state index in [-0.39, 0.29) is 18.4 Å². The van der Waals surface area contributed by atoms with Crippen molar-refractivity contribution in [2.75, 3.05) is 18.0 Å². The van der Waals surface area contributed by atoms with Crippen LogP contribution in [0.2, 0.25) is 5.02 Å². The van der Waals surface area contributed by atoms with Crippen LogP contribution in [0, 0.1) is 5.92 Å². The number of aliphatic hydroxyl groups is 1. The Kier molecular flexibility index (Phi) is 3.54. The fourth-order valence-corrected chi connectivity index (χ4v) is 2.34. The minimum atomic E-state index is -0.264. The summed E-state index contributed by atoms with van der Waals surface area (Å²) in [6.45, 7) is 1.33. The van der Waals surface area contributed by atoms with Gasteiger partial charge in [0.15, 0.2) is 0 Å². The van der Waals surface area contributed by atoms with Gasteiger partial charge in [0.1, 0.15) is 0 Å². The fraction of sp³-hybridized carbons (Fsp3) is 0.417. The molecule has 4 nitrogen and oxygen atoms in total. The molecule has 1 amide bonds. The first kappa shape index (κ1) is 12.2. The molecule has 0 aromatic heterocycles. The van der Waals surface area contributed by atoms with Gasteiger partial charge in [-0.15, -0.1) is 0 Å². The number of carbonyl (C=O) groups is 1. The molecule has 5 heteroatoms. The first-order valence-corrected chi connectivity index (χ1v) is 5.93. The van der Waals surface area contributed by atoms with Crippen molar-refractivity contribution in [3.63, 3.8) is 0 Å². The second-order valence-corrected chi connectivity index (χ2v) is 4.70. The summed E-state index contributed by atoms with van der Waals surface area (Å²) in [6, 6.07) is 5.37. The topological polar surface area (TPSA) is 66.6 Å². The van der Waals surface area contributed by atoms with Gasteiger partial charge in [0, 0.05) is 29.4 Å². The van der Waals surface area contributed by atoms with Gasteiger partial charge < -0.3 is 15.7 Å². The number of halogens is 1. The number of aliphatic hydroxyl groups excluding tert-OH is 1. The largest absolute Gasteiger partial charge is 0.392 e. The SMILES string of the molecule is NC(=O)C1CCN(c2cc(Cl)ccc2CO)C1. The van der Waals surface area contributed by atoms with E-state index in [4.69, 9.17) is 17.3 Å². The average Bonchev–Trinajstić information content (AvgIpc) is 2.78. The van der Waals surface area contributed by atoms with Gasteiger partial charge in [-0.1, -0.05) is 17.7 Å². The molecule has 3 N–H and O–H groups in total. The van der Waals surface area contributed by atoms with Crippen LogP contribution in [0.4, 0.5) is 5.69 Å². The molecule has 1 atom stereocenters. The number of hydrogen-bond acceptors (Lipinski definition) is 3. The van der Waals surface area contributed by atoms with E-state index in [9.17, 15) is 9.90 Å². The van der Waals surface area contributed by atoms with Crippen LogP contribution < -0.4 is 10.6 Å². The zero-order valence-electron chi connectivity index (χ0n) is 9.40. The Bertz CT molecular complexity index is 437. The van der Waals surface area contributed by atoms with Gasteiger partial charge >= 0.3 is 0 Å². The highest BCUT2D eigenvalue weighted by Crippen LogP contribution is 2.29. The molecule has 1 aromatic carbocycles. The number of hydrogen-bond donors (Lipinski definition) is 2. The minimum absolute atomic E-state index is 0.0375. The maximum Gasteiger partial charge on any atom is 0.222 e. The van der Waals surface area contributed by atoms with Crippen molar-refractivity contribution >= 4 is 23.2 Å². The standard InChI is InChI=1S/C12H15ClN2O2/c13-10-2-1-9(7-16)11(5-10)15-4-3-8(6-15)12(14)17/h1-2,5,8,16H,3-4,6-7H2,(H2,14,17). The van der Waals surface area contributed by atoms with Gasteiger partial charge in [-0.05, 0) is 18.6 Å². The molecular formula is C12H15ClN2O2. The molecule has 1 aromatic rings. The molecule has 0 aliphatic carbocycles. The third-order valence-electron chi connectivity index (χ3n) is 3.15. The second-order valence-electron chi connectivity index (χ2n) is 4.27. The number of carbonyl (C=O) groups excluding carboxylic acids is 1. The first-order chi connectivity index (χ1) is 8.11. The molecule has 0 spiro atoms. The molecule has 1 aliphatic rings. The molecule has 0 radical (unpaired) electrons. The Morgan fingerprint density at radius 1 is 1.59 bits per heavy atom. The van der Waals surface area contributed by atoms with Crippen molar-refractivity contribution in [1.29, 1.82) is 0 Å². The summed E-state index contributed by atoms with van der Waals surface area (Å²) in [5.41, 5.74) is 7.01. The van der Waals surface area contributed by atoms with Crippen LogP contribution in [0.3, 0.4) is 0 Å². The zero-order valence-corrected chi connectivity index (χ0v) is 10.2. The van der Waals surface area contributed by atoms with Crippen molar-refractivity contribution in [2.45, 2.75) is 13.0 Å². The third-order valence-corrected chi connectivity index (χ3v) is 3.38. The highest BCUT2D eigenvalue weighted by Gasteiger charge is 2.27. The van der Waals surface area contributed by atoms with Gasteiger partial charge in [-0.25, -0.2) is 0 Å². The minimum Gasteiger partial charge on any atom is -0.392 e. The van der Waals surface area contributed by atoms with Crippen LogP contribution in [0.5, 0.6) is 0 Å². The van der Waals surface area contributed by atoms with E-state index in [0.717, 1.165) is 24.2 Å². The number of rotatable bonds is 3. The predicted octanol–water partition coefficient (Wildman–Crippen LogP) is 1.14. The maximum atomic E-state index is 11.1. The van der Waals surface area contributed by atoms with E-state index in [1.807, 2.05) is 11.0 Å². The van der Waals surface area contributed by atoms with Crippen molar-refractivity contribution in [3.8, 4) is 0 Å². The van der Waals surface area contributed by atoms with Gasteiger partial charge in [-0.2, -0.15) is 0 Å². The fourth-order valence-electron chi connectivity index (χ4n) is 2.18. The number of nitrogens with zero attached hydrogens (tertiary/aromatic N) is 1. The molecule has 1 unspecified atom stereocenters. The van der Waals surface area contributed by atoms with E-state index in [1.165, 1.54) is 0 Å². The van der Waals surface area contributed by atoms with E-state index in [2.05, 4.69) is 0 Å². The van der Waals surface area contributed by atoms with Crippen LogP contribution in [0.1, 0.15) is 12.0 Å². The van der Waals surface area contributed by atoms with Gasteiger partial charge in [0.25, 0.3) is 0 Å². The van der Waals surface area contributed by atoms with Crippen LogP contribution in [-0.2, 0) is 11.4 Å². The summed E-state index contributed by atoms with van der Waals surface area (Å²) in [5.74, 6) is -0.374. The molecule has 1 fully saturated rings. The summed E-state index contributed by atoms with van der Waals surface area (Å²) in [7, 11) is 0. The lowest BCUT2D eigenvalue weighted by Crippen LogP contribution is -2.27. The van der Waals surface area contributed by atoms with Crippen LogP contribution in [-0.4, -0.2) is 24.1 Å². The highest BCUT2D eigenvalue weighted by molar-refractivity contribution is 6.30. The van der Waals surface area contributed by atoms with Crippen molar-refractivity contribution in [1.82, 2.24) is 0 Å². The molecule has 0 bridgehead atoms. The Morgan fingerprint density at radius 2 is 2.35 bits per heavy atom. The van der Waals surface area contributed by atoms with Gasteiger partial charge in [0.2, 0.25) is 5.91 Å². The Morgan fingerprint density at radius 3 is 2.94 bits per heavy atom. The number of anilines is 1. The number of primary amides is 1. The second kappa shape index (κ2) is 4.94. The summed E-state index contributed by atoms with van der Waals surface area (Å²) >= 11 is 5.95. The van der Waals surface area contributed by atoms with Crippen LogP contribution >= 0.6 is 11.6 Å². The van der Waals surface area contributed by atoms with E-state index < -0.39 is 0 Å². The summed E-state index contributed by atoms with van der Waals surface area (Å²) < 4.78 is 0. The van der Waals surface area contributed by atoms with Crippen molar-refractivity contribution in [3.05, 3.63) is 28.8 Å². The summed E-state index contributed by atoms with van der Waals surface area (Å²) in [5, 5.41) is 9.91. The van der Waals surface area contributed by atoms with Crippen molar-refractivity contribution < 1.29 is 9.90 Å². The lowest BCUT2D eigenvalue weighted by Gasteiger charge is -2.21. The lowest BCUT2D eigenvalue weighted by molar-refractivity contribution is -0.121. The molecule has 1 aliphatic heterocycles. The summed E-state index contributed by atoms with van der Waals surface area (Å²) in [4.78, 5) is 13.2. The average molecular weight is 255 g/mol. The normalized spacial score (nSPS) is 19.6. The predicted molar refractivity (Wildman–Crippen MR) is 66.9 cm³/mol. The molecule has 92 valence electrons. The van der Waals surface area contributed by atoms with Crippen molar-refractivity contribution in [2.24, 2.45) is 11.7 Å². The highest BCUT2D eigenvalue weighted by atomic mass is 35.5. The summed E-state index contributed by atoms with van der Waals surface area (Å²) in [6.07, 6.45) is 0.757. The molecular weight excluding hydrogens is 240 g/mol. The molecule has 1 heterocycles. The zero-order chi connectivity index (χ0) is 12.4. The van der Waals surface area contributed by atoms with E-state index >= 15 is 0 Å². The number of amides is 1. The Hall–Kier alpha value is -1.26. The van der Waals surface area contributed by atoms with Gasteiger partial charge in [-0.3, -0.25) is 4.79 Å².